The predicted octanol–water partition coefficient (Wildman–Crippen LogP) is 4.89. The lowest BCUT2D eigenvalue weighted by molar-refractivity contribution is 0.102. The Bertz CT molecular complexity index is 1230. The van der Waals surface area contributed by atoms with Gasteiger partial charge in [0.05, 0.1) is 4.90 Å². The molecule has 3 rings (SSSR count). The van der Waals surface area contributed by atoms with Gasteiger partial charge in [0.25, 0.3) is 5.91 Å². The molecule has 3 aromatic rings. The van der Waals surface area contributed by atoms with Crippen LogP contribution < -0.4 is 16.0 Å². The first-order valence-electron chi connectivity index (χ1n) is 9.34. The van der Waals surface area contributed by atoms with Crippen molar-refractivity contribution in [2.75, 3.05) is 16.0 Å². The van der Waals surface area contributed by atoms with Crippen LogP contribution in [0.3, 0.4) is 0 Å². The van der Waals surface area contributed by atoms with Gasteiger partial charge in [-0.2, -0.15) is 8.78 Å². The van der Waals surface area contributed by atoms with E-state index >= 15 is 0 Å². The molecule has 0 aliphatic rings. The van der Waals surface area contributed by atoms with E-state index in [4.69, 9.17) is 0 Å². The molecule has 0 bridgehead atoms. The average molecular weight is 459 g/mol. The van der Waals surface area contributed by atoms with Crippen molar-refractivity contribution in [3.63, 3.8) is 0 Å². The van der Waals surface area contributed by atoms with Crippen LogP contribution >= 0.6 is 0 Å². The Balaban J connectivity index is 1.70. The fourth-order valence-electron chi connectivity index (χ4n) is 2.74. The minimum absolute atomic E-state index is 0.0813. The third-order valence-corrected chi connectivity index (χ3v) is 5.85. The number of carbonyl (C=O) groups is 2. The minimum Gasteiger partial charge on any atom is -0.322 e. The predicted molar refractivity (Wildman–Crippen MR) is 118 cm³/mol. The number of carbonyl (C=O) groups excluding carboxylic acids is 2. The SMILES string of the molecule is Cc1ccc(NC(=O)Nc2ccccc2)cc1NC(=O)c1ccc(S(=O)(=O)C(F)F)cc1. The molecule has 0 fully saturated rings. The fraction of sp³-hybridized carbons (Fsp3) is 0.0909. The van der Waals surface area contributed by atoms with E-state index in [0.717, 1.165) is 24.3 Å². The van der Waals surface area contributed by atoms with Crippen LogP contribution in [-0.4, -0.2) is 26.1 Å². The van der Waals surface area contributed by atoms with Crippen molar-refractivity contribution in [3.05, 3.63) is 83.9 Å². The van der Waals surface area contributed by atoms with Crippen LogP contribution in [0.4, 0.5) is 30.6 Å². The van der Waals surface area contributed by atoms with Crippen molar-refractivity contribution >= 4 is 38.8 Å². The van der Waals surface area contributed by atoms with Crippen molar-refractivity contribution in [1.82, 2.24) is 0 Å². The van der Waals surface area contributed by atoms with Crippen molar-refractivity contribution in [1.29, 1.82) is 0 Å². The number of hydrogen-bond donors (Lipinski definition) is 3. The Kier molecular flexibility index (Phi) is 6.84. The van der Waals surface area contributed by atoms with E-state index in [2.05, 4.69) is 16.0 Å². The summed E-state index contributed by atoms with van der Waals surface area (Å²) in [5, 5.41) is 8.01. The normalized spacial score (nSPS) is 11.1. The molecular formula is C22H19F2N3O4S. The summed E-state index contributed by atoms with van der Waals surface area (Å²) in [6.45, 7) is 1.75. The highest BCUT2D eigenvalue weighted by Crippen LogP contribution is 2.23. The number of amides is 3. The van der Waals surface area contributed by atoms with Gasteiger partial charge in [-0.05, 0) is 61.0 Å². The number of anilines is 3. The molecule has 3 aromatic carbocycles. The van der Waals surface area contributed by atoms with Gasteiger partial charge in [-0.25, -0.2) is 13.2 Å². The molecule has 0 saturated heterocycles. The number of rotatable bonds is 6. The summed E-state index contributed by atoms with van der Waals surface area (Å²) in [7, 11) is -4.74. The lowest BCUT2D eigenvalue weighted by Gasteiger charge is -2.12. The number of halogens is 2. The van der Waals surface area contributed by atoms with E-state index in [1.807, 2.05) is 6.07 Å². The van der Waals surface area contributed by atoms with E-state index < -0.39 is 32.4 Å². The van der Waals surface area contributed by atoms with E-state index in [9.17, 15) is 26.8 Å². The molecule has 0 saturated carbocycles. The largest absolute Gasteiger partial charge is 0.341 e. The Labute approximate surface area is 183 Å². The van der Waals surface area contributed by atoms with Gasteiger partial charge in [-0.1, -0.05) is 24.3 Å². The van der Waals surface area contributed by atoms with Crippen LogP contribution in [0.1, 0.15) is 15.9 Å². The molecule has 3 N–H and O–H groups in total. The quantitative estimate of drug-likeness (QED) is 0.488. The second kappa shape index (κ2) is 9.56. The maximum atomic E-state index is 12.6. The van der Waals surface area contributed by atoms with Crippen LogP contribution in [0.25, 0.3) is 0 Å². The highest BCUT2D eigenvalue weighted by Gasteiger charge is 2.26. The minimum atomic E-state index is -4.74. The fourth-order valence-corrected chi connectivity index (χ4v) is 3.46. The van der Waals surface area contributed by atoms with Crippen LogP contribution in [-0.2, 0) is 9.84 Å². The van der Waals surface area contributed by atoms with Gasteiger partial charge in [0.15, 0.2) is 0 Å². The Morgan fingerprint density at radius 3 is 2.06 bits per heavy atom. The first kappa shape index (κ1) is 22.9. The third-order valence-electron chi connectivity index (χ3n) is 4.45. The molecule has 0 unspecified atom stereocenters. The zero-order valence-corrected chi connectivity index (χ0v) is 17.6. The number of sulfone groups is 1. The zero-order chi connectivity index (χ0) is 23.3. The van der Waals surface area contributed by atoms with Gasteiger partial charge in [0, 0.05) is 22.6 Å². The first-order valence-corrected chi connectivity index (χ1v) is 10.9. The highest BCUT2D eigenvalue weighted by atomic mass is 32.2. The second-order valence-corrected chi connectivity index (χ2v) is 8.68. The number of urea groups is 1. The van der Waals surface area contributed by atoms with Gasteiger partial charge in [-0.15, -0.1) is 0 Å². The van der Waals surface area contributed by atoms with Crippen molar-refractivity contribution in [3.8, 4) is 0 Å². The number of hydrogen-bond acceptors (Lipinski definition) is 4. The van der Waals surface area contributed by atoms with E-state index in [1.165, 1.54) is 0 Å². The van der Waals surface area contributed by atoms with Gasteiger partial charge in [0.1, 0.15) is 0 Å². The summed E-state index contributed by atoms with van der Waals surface area (Å²) >= 11 is 0. The number of benzene rings is 3. The van der Waals surface area contributed by atoms with E-state index in [-0.39, 0.29) is 5.56 Å². The molecule has 0 aliphatic carbocycles. The van der Waals surface area contributed by atoms with Gasteiger partial charge < -0.3 is 16.0 Å². The maximum absolute atomic E-state index is 12.6. The first-order chi connectivity index (χ1) is 15.2. The maximum Gasteiger partial charge on any atom is 0.341 e. The summed E-state index contributed by atoms with van der Waals surface area (Å²) in [6.07, 6.45) is 0. The zero-order valence-electron chi connectivity index (χ0n) is 16.8. The molecule has 32 heavy (non-hydrogen) atoms. The third kappa shape index (κ3) is 5.46. The number of alkyl halides is 2. The molecule has 0 aliphatic heterocycles. The molecule has 0 spiro atoms. The topological polar surface area (TPSA) is 104 Å². The lowest BCUT2D eigenvalue weighted by Crippen LogP contribution is -2.19. The van der Waals surface area contributed by atoms with Crippen LogP contribution in [0.2, 0.25) is 0 Å². The van der Waals surface area contributed by atoms with Crippen molar-refractivity contribution in [2.24, 2.45) is 0 Å². The lowest BCUT2D eigenvalue weighted by atomic mass is 10.1. The van der Waals surface area contributed by atoms with Crippen molar-refractivity contribution in [2.45, 2.75) is 17.6 Å². The average Bonchev–Trinajstić information content (AvgIpc) is 2.76. The van der Waals surface area contributed by atoms with Gasteiger partial charge in [0.2, 0.25) is 9.84 Å². The molecule has 0 heterocycles. The van der Waals surface area contributed by atoms with Crippen LogP contribution in [0.15, 0.2) is 77.7 Å². The van der Waals surface area contributed by atoms with E-state index in [0.29, 0.717) is 22.6 Å². The second-order valence-electron chi connectivity index (χ2n) is 6.76. The molecule has 10 heteroatoms. The monoisotopic (exact) mass is 459 g/mol. The molecule has 0 radical (unpaired) electrons. The summed E-state index contributed by atoms with van der Waals surface area (Å²) in [5.74, 6) is -4.11. The number of nitrogens with one attached hydrogen (secondary N) is 3. The van der Waals surface area contributed by atoms with Crippen LogP contribution in [0.5, 0.6) is 0 Å². The molecule has 166 valence electrons. The number of aryl methyl sites for hydroxylation is 1. The summed E-state index contributed by atoms with van der Waals surface area (Å²) in [4.78, 5) is 24.1. The molecule has 0 aromatic heterocycles. The number of para-hydroxylation sites is 1. The summed E-state index contributed by atoms with van der Waals surface area (Å²) in [6, 6.07) is 17.5. The summed E-state index contributed by atoms with van der Waals surface area (Å²) < 4.78 is 48.3. The molecular weight excluding hydrogens is 440 g/mol. The highest BCUT2D eigenvalue weighted by molar-refractivity contribution is 7.91. The molecule has 3 amide bonds. The van der Waals surface area contributed by atoms with Gasteiger partial charge in [-0.3, -0.25) is 4.79 Å². The Morgan fingerprint density at radius 1 is 0.812 bits per heavy atom. The van der Waals surface area contributed by atoms with Crippen LogP contribution in [0, 0.1) is 6.92 Å². The summed E-state index contributed by atoms with van der Waals surface area (Å²) in [5.41, 5.74) is 2.25. The molecule has 7 nitrogen and oxygen atoms in total. The van der Waals surface area contributed by atoms with E-state index in [1.54, 1.807) is 49.4 Å². The van der Waals surface area contributed by atoms with Gasteiger partial charge >= 0.3 is 11.8 Å². The Morgan fingerprint density at radius 2 is 1.44 bits per heavy atom. The Hall–Kier alpha value is -3.79. The molecule has 0 atom stereocenters. The standard InChI is InChI=1S/C22H19F2N3O4S/c1-14-7-10-17(26-22(29)25-16-5-3-2-4-6-16)13-19(14)27-20(28)15-8-11-18(12-9-15)32(30,31)21(23)24/h2-13,21H,1H3,(H,27,28)(H2,25,26,29). The smallest absolute Gasteiger partial charge is 0.322 e. The van der Waals surface area contributed by atoms with Crippen molar-refractivity contribution < 1.29 is 26.8 Å².